The minimum atomic E-state index is -2.99. The summed E-state index contributed by atoms with van der Waals surface area (Å²) < 4.78 is 22.8. The van der Waals surface area contributed by atoms with E-state index in [1.807, 2.05) is 0 Å². The van der Waals surface area contributed by atoms with Crippen LogP contribution in [0, 0.1) is 0 Å². The molecule has 0 saturated carbocycles. The fraction of sp³-hybridized carbons (Fsp3) is 0.615. The highest BCUT2D eigenvalue weighted by Gasteiger charge is 2.30. The molecule has 1 aliphatic heterocycles. The van der Waals surface area contributed by atoms with E-state index in [4.69, 9.17) is 0 Å². The highest BCUT2D eigenvalue weighted by atomic mass is 32.2. The van der Waals surface area contributed by atoms with Gasteiger partial charge in [-0.3, -0.25) is 4.79 Å². The van der Waals surface area contributed by atoms with E-state index in [9.17, 15) is 13.2 Å². The quantitative estimate of drug-likeness (QED) is 0.846. The van der Waals surface area contributed by atoms with Crippen LogP contribution in [0.1, 0.15) is 41.0 Å². The summed E-state index contributed by atoms with van der Waals surface area (Å²) >= 11 is 0. The van der Waals surface area contributed by atoms with Crippen LogP contribution in [0.5, 0.6) is 0 Å². The third kappa shape index (κ3) is 2.67. The van der Waals surface area contributed by atoms with Gasteiger partial charge in [0.1, 0.15) is 12.0 Å². The predicted molar refractivity (Wildman–Crippen MR) is 73.2 cm³/mol. The van der Waals surface area contributed by atoms with Crippen LogP contribution >= 0.6 is 0 Å². The fourth-order valence-electron chi connectivity index (χ4n) is 2.88. The highest BCUT2D eigenvalue weighted by molar-refractivity contribution is 7.91. The number of amides is 1. The van der Waals surface area contributed by atoms with Gasteiger partial charge in [-0.1, -0.05) is 0 Å². The second-order valence-electron chi connectivity index (χ2n) is 5.43. The van der Waals surface area contributed by atoms with Crippen molar-refractivity contribution >= 4 is 15.7 Å². The van der Waals surface area contributed by atoms with Crippen LogP contribution in [-0.4, -0.2) is 41.8 Å². The average molecular weight is 295 g/mol. The van der Waals surface area contributed by atoms with Gasteiger partial charge in [0.2, 0.25) is 0 Å². The first-order chi connectivity index (χ1) is 9.55. The van der Waals surface area contributed by atoms with Crippen LogP contribution < -0.4 is 5.32 Å². The van der Waals surface area contributed by atoms with Gasteiger partial charge in [0.05, 0.1) is 11.5 Å². The second-order valence-corrected chi connectivity index (χ2v) is 7.66. The lowest BCUT2D eigenvalue weighted by molar-refractivity contribution is 0.0934. The molecular weight excluding hydrogens is 278 g/mol. The van der Waals surface area contributed by atoms with Crippen LogP contribution in [0.3, 0.4) is 0 Å². The Bertz CT molecular complexity index is 642. The zero-order valence-corrected chi connectivity index (χ0v) is 11.9. The maximum absolute atomic E-state index is 12.3. The van der Waals surface area contributed by atoms with E-state index in [1.165, 1.54) is 6.33 Å². The molecule has 0 bridgehead atoms. The summed E-state index contributed by atoms with van der Waals surface area (Å²) in [5.74, 6) is -0.0843. The largest absolute Gasteiger partial charge is 0.347 e. The van der Waals surface area contributed by atoms with Crippen molar-refractivity contribution < 1.29 is 13.2 Å². The van der Waals surface area contributed by atoms with E-state index in [0.717, 1.165) is 36.9 Å². The summed E-state index contributed by atoms with van der Waals surface area (Å²) in [6.45, 7) is 0. The van der Waals surface area contributed by atoms with Gasteiger partial charge >= 0.3 is 0 Å². The Morgan fingerprint density at radius 3 is 2.80 bits per heavy atom. The minimum absolute atomic E-state index is 0.0337. The summed E-state index contributed by atoms with van der Waals surface area (Å²) in [4.78, 5) is 20.6. The fourth-order valence-corrected chi connectivity index (χ4v) is 4.55. The standard InChI is InChI=1S/C13H17N3O3S/c17-13(16-9-5-6-20(18,19)7-9)12-10-3-1-2-4-11(10)14-8-15-12/h8-9H,1-7H2,(H,16,17). The van der Waals surface area contributed by atoms with Gasteiger partial charge in [0, 0.05) is 17.3 Å². The zero-order chi connectivity index (χ0) is 14.2. The van der Waals surface area contributed by atoms with Gasteiger partial charge in [-0.15, -0.1) is 0 Å². The summed E-state index contributed by atoms with van der Waals surface area (Å²) in [6.07, 6.45) is 5.74. The molecule has 1 N–H and O–H groups in total. The summed E-state index contributed by atoms with van der Waals surface area (Å²) in [5.41, 5.74) is 2.30. The molecule has 20 heavy (non-hydrogen) atoms. The average Bonchev–Trinajstić information content (AvgIpc) is 2.77. The molecule has 1 aliphatic carbocycles. The molecule has 0 spiro atoms. The molecule has 2 aliphatic rings. The van der Waals surface area contributed by atoms with E-state index in [-0.39, 0.29) is 23.5 Å². The van der Waals surface area contributed by atoms with E-state index < -0.39 is 9.84 Å². The van der Waals surface area contributed by atoms with Crippen molar-refractivity contribution in [3.8, 4) is 0 Å². The van der Waals surface area contributed by atoms with Gasteiger partial charge in [-0.2, -0.15) is 0 Å². The molecule has 0 radical (unpaired) electrons. The lowest BCUT2D eigenvalue weighted by Gasteiger charge is -2.18. The SMILES string of the molecule is O=C(NC1CCS(=O)(=O)C1)c1ncnc2c1CCCC2. The van der Waals surface area contributed by atoms with Crippen molar-refractivity contribution in [2.75, 3.05) is 11.5 Å². The Hall–Kier alpha value is -1.50. The first-order valence-electron chi connectivity index (χ1n) is 6.89. The highest BCUT2D eigenvalue weighted by Crippen LogP contribution is 2.21. The Morgan fingerprint density at radius 2 is 2.05 bits per heavy atom. The Balaban J connectivity index is 1.78. The number of sulfone groups is 1. The van der Waals surface area contributed by atoms with Gasteiger partial charge in [0.25, 0.3) is 5.91 Å². The topological polar surface area (TPSA) is 89.0 Å². The lowest BCUT2D eigenvalue weighted by Crippen LogP contribution is -2.37. The zero-order valence-electron chi connectivity index (χ0n) is 11.1. The minimum Gasteiger partial charge on any atom is -0.347 e. The number of hydrogen-bond donors (Lipinski definition) is 1. The van der Waals surface area contributed by atoms with Crippen molar-refractivity contribution in [1.29, 1.82) is 0 Å². The number of aromatic nitrogens is 2. The van der Waals surface area contributed by atoms with Crippen LogP contribution in [0.15, 0.2) is 6.33 Å². The normalized spacial score (nSPS) is 24.1. The molecule has 1 aromatic heterocycles. The summed E-state index contributed by atoms with van der Waals surface area (Å²) in [5, 5.41) is 2.79. The van der Waals surface area contributed by atoms with Gasteiger partial charge in [0.15, 0.2) is 9.84 Å². The molecule has 1 amide bonds. The van der Waals surface area contributed by atoms with Crippen molar-refractivity contribution in [2.24, 2.45) is 0 Å². The molecule has 1 fully saturated rings. The number of aryl methyl sites for hydroxylation is 1. The molecular formula is C13H17N3O3S. The smallest absolute Gasteiger partial charge is 0.270 e. The molecule has 1 saturated heterocycles. The van der Waals surface area contributed by atoms with Crippen LogP contribution in [0.2, 0.25) is 0 Å². The van der Waals surface area contributed by atoms with Crippen molar-refractivity contribution in [2.45, 2.75) is 38.1 Å². The predicted octanol–water partition coefficient (Wildman–Crippen LogP) is 0.272. The number of nitrogens with one attached hydrogen (secondary N) is 1. The molecule has 1 aromatic rings. The Morgan fingerprint density at radius 1 is 1.25 bits per heavy atom. The number of nitrogens with zero attached hydrogens (tertiary/aromatic N) is 2. The Kier molecular flexibility index (Phi) is 3.45. The first-order valence-corrected chi connectivity index (χ1v) is 8.71. The van der Waals surface area contributed by atoms with E-state index in [2.05, 4.69) is 15.3 Å². The van der Waals surface area contributed by atoms with Crippen LogP contribution in [-0.2, 0) is 22.7 Å². The number of fused-ring (bicyclic) bond motifs is 1. The van der Waals surface area contributed by atoms with E-state index >= 15 is 0 Å². The third-order valence-corrected chi connectivity index (χ3v) is 5.68. The molecule has 0 aromatic carbocycles. The van der Waals surface area contributed by atoms with Crippen molar-refractivity contribution in [3.05, 3.63) is 23.3 Å². The summed E-state index contributed by atoms with van der Waals surface area (Å²) in [6, 6.07) is -0.290. The molecule has 1 atom stereocenters. The Labute approximate surface area is 117 Å². The number of carbonyl (C=O) groups excluding carboxylic acids is 1. The molecule has 7 heteroatoms. The lowest BCUT2D eigenvalue weighted by atomic mass is 9.94. The summed E-state index contributed by atoms with van der Waals surface area (Å²) in [7, 11) is -2.99. The molecule has 2 heterocycles. The molecule has 6 nitrogen and oxygen atoms in total. The number of carbonyl (C=O) groups is 1. The van der Waals surface area contributed by atoms with Gasteiger partial charge < -0.3 is 5.32 Å². The molecule has 3 rings (SSSR count). The monoisotopic (exact) mass is 295 g/mol. The maximum Gasteiger partial charge on any atom is 0.270 e. The van der Waals surface area contributed by atoms with Gasteiger partial charge in [-0.25, -0.2) is 18.4 Å². The van der Waals surface area contributed by atoms with E-state index in [1.54, 1.807) is 0 Å². The second kappa shape index (κ2) is 5.12. The van der Waals surface area contributed by atoms with Crippen LogP contribution in [0.25, 0.3) is 0 Å². The first kappa shape index (κ1) is 13.5. The van der Waals surface area contributed by atoms with Crippen LogP contribution in [0.4, 0.5) is 0 Å². The molecule has 108 valence electrons. The van der Waals surface area contributed by atoms with Gasteiger partial charge in [-0.05, 0) is 32.1 Å². The maximum atomic E-state index is 12.3. The number of hydrogen-bond acceptors (Lipinski definition) is 5. The van der Waals surface area contributed by atoms with E-state index in [0.29, 0.717) is 12.1 Å². The molecule has 1 unspecified atom stereocenters. The number of rotatable bonds is 2. The third-order valence-electron chi connectivity index (χ3n) is 3.91. The van der Waals surface area contributed by atoms with Crippen molar-refractivity contribution in [3.63, 3.8) is 0 Å². The van der Waals surface area contributed by atoms with Crippen molar-refractivity contribution in [1.82, 2.24) is 15.3 Å².